The lowest BCUT2D eigenvalue weighted by Crippen LogP contribution is -2.09. The van der Waals surface area contributed by atoms with Crippen LogP contribution in [0.3, 0.4) is 0 Å². The second-order valence-electron chi connectivity index (χ2n) is 4.30. The van der Waals surface area contributed by atoms with E-state index in [1.54, 1.807) is 0 Å². The summed E-state index contributed by atoms with van der Waals surface area (Å²) in [6, 6.07) is 0. The molecule has 0 aliphatic carbocycles. The highest BCUT2D eigenvalue weighted by Gasteiger charge is 1.94. The van der Waals surface area contributed by atoms with Crippen molar-refractivity contribution in [3.63, 3.8) is 0 Å². The number of hydrogen-bond acceptors (Lipinski definition) is 6. The van der Waals surface area contributed by atoms with Crippen molar-refractivity contribution in [1.29, 1.82) is 0 Å². The molecule has 0 rings (SSSR count). The monoisotopic (exact) mass is 279 g/mol. The van der Waals surface area contributed by atoms with E-state index in [1.165, 1.54) is 25.7 Å². The first-order valence-corrected chi connectivity index (χ1v) is 7.27. The molecular formula is C13H29NO5. The lowest BCUT2D eigenvalue weighted by Gasteiger charge is -2.04. The van der Waals surface area contributed by atoms with Crippen molar-refractivity contribution in [3.8, 4) is 0 Å². The third kappa shape index (κ3) is 17.8. The summed E-state index contributed by atoms with van der Waals surface area (Å²) < 4.78 is 5.18. The highest BCUT2D eigenvalue weighted by Crippen LogP contribution is 2.04. The van der Waals surface area contributed by atoms with Crippen LogP contribution in [0.2, 0.25) is 0 Å². The van der Waals surface area contributed by atoms with Crippen molar-refractivity contribution in [3.05, 3.63) is 0 Å². The van der Waals surface area contributed by atoms with Crippen LogP contribution < -0.4 is 5.73 Å². The van der Waals surface area contributed by atoms with Gasteiger partial charge in [-0.1, -0.05) is 39.0 Å². The summed E-state index contributed by atoms with van der Waals surface area (Å²) in [5.74, 6) is 0. The number of unbranched alkanes of at least 4 members (excludes halogenated alkanes) is 5. The Bertz CT molecular complexity index is 144. The minimum absolute atomic E-state index is 0.297. The Hall–Kier alpha value is -0.240. The molecule has 0 saturated heterocycles. The summed E-state index contributed by atoms with van der Waals surface area (Å²) in [5.41, 5.74) is 5.31. The van der Waals surface area contributed by atoms with Crippen LogP contribution >= 0.6 is 0 Å². The van der Waals surface area contributed by atoms with Crippen LogP contribution in [0.1, 0.15) is 51.9 Å². The van der Waals surface area contributed by atoms with Crippen LogP contribution in [0, 0.1) is 0 Å². The summed E-state index contributed by atoms with van der Waals surface area (Å²) in [6.07, 6.45) is 8.07. The zero-order valence-corrected chi connectivity index (χ0v) is 12.1. The number of ether oxygens (including phenoxy) is 1. The first kappa shape index (κ1) is 18.8. The molecule has 0 spiro atoms. The predicted molar refractivity (Wildman–Crippen MR) is 71.9 cm³/mol. The van der Waals surface area contributed by atoms with Crippen molar-refractivity contribution in [2.75, 3.05) is 33.0 Å². The molecule has 19 heavy (non-hydrogen) atoms. The Morgan fingerprint density at radius 2 is 1.37 bits per heavy atom. The Kier molecular flexibility index (Phi) is 17.5. The van der Waals surface area contributed by atoms with Crippen LogP contribution in [-0.2, 0) is 24.6 Å². The standard InChI is InChI=1S/C13H29NO5/c1-2-3-4-5-6-7-11-16-18-19-17-13-12-15-10-8-9-14/h2-14H2,1H3. The molecule has 0 unspecified atom stereocenters. The van der Waals surface area contributed by atoms with Gasteiger partial charge in [0.25, 0.3) is 0 Å². The minimum atomic E-state index is 0.297. The fourth-order valence-corrected chi connectivity index (χ4v) is 1.43. The number of nitrogens with two attached hydrogens (primary N) is 1. The van der Waals surface area contributed by atoms with E-state index in [0.717, 1.165) is 19.3 Å². The lowest BCUT2D eigenvalue weighted by molar-refractivity contribution is -0.634. The van der Waals surface area contributed by atoms with Crippen molar-refractivity contribution in [1.82, 2.24) is 0 Å². The molecule has 0 aliphatic heterocycles. The fraction of sp³-hybridized carbons (Fsp3) is 1.00. The van der Waals surface area contributed by atoms with Gasteiger partial charge in [-0.2, -0.15) is 0 Å². The van der Waals surface area contributed by atoms with Gasteiger partial charge in [-0.3, -0.25) is 0 Å². The molecule has 0 radical (unpaired) electrons. The van der Waals surface area contributed by atoms with Crippen molar-refractivity contribution >= 4 is 0 Å². The molecule has 0 aliphatic rings. The fourth-order valence-electron chi connectivity index (χ4n) is 1.43. The van der Waals surface area contributed by atoms with Crippen LogP contribution in [-0.4, -0.2) is 33.0 Å². The number of rotatable bonds is 16. The molecule has 116 valence electrons. The summed E-state index contributed by atoms with van der Waals surface area (Å²) >= 11 is 0. The first-order valence-electron chi connectivity index (χ1n) is 7.27. The van der Waals surface area contributed by atoms with Crippen LogP contribution in [0.15, 0.2) is 0 Å². The van der Waals surface area contributed by atoms with Crippen molar-refractivity contribution in [2.24, 2.45) is 5.73 Å². The first-order chi connectivity index (χ1) is 9.41. The third-order valence-corrected chi connectivity index (χ3v) is 2.51. The lowest BCUT2D eigenvalue weighted by atomic mass is 10.1. The molecule has 6 heteroatoms. The van der Waals surface area contributed by atoms with E-state index in [2.05, 4.69) is 21.9 Å². The molecule has 0 aromatic heterocycles. The van der Waals surface area contributed by atoms with E-state index in [-0.39, 0.29) is 0 Å². The van der Waals surface area contributed by atoms with E-state index >= 15 is 0 Å². The van der Waals surface area contributed by atoms with Gasteiger partial charge in [0.2, 0.25) is 0 Å². The van der Waals surface area contributed by atoms with Gasteiger partial charge in [0, 0.05) is 6.61 Å². The van der Waals surface area contributed by atoms with Gasteiger partial charge < -0.3 is 10.5 Å². The maximum Gasteiger partial charge on any atom is 0.109 e. The average Bonchev–Trinajstić information content (AvgIpc) is 2.43. The Morgan fingerprint density at radius 1 is 0.684 bits per heavy atom. The van der Waals surface area contributed by atoms with E-state index in [9.17, 15) is 0 Å². The van der Waals surface area contributed by atoms with Gasteiger partial charge in [-0.05, 0) is 29.5 Å². The molecule has 0 aromatic rings. The van der Waals surface area contributed by atoms with Gasteiger partial charge in [-0.15, -0.1) is 0 Å². The predicted octanol–water partition coefficient (Wildman–Crippen LogP) is 2.52. The van der Waals surface area contributed by atoms with Crippen LogP contribution in [0.25, 0.3) is 0 Å². The molecule has 6 nitrogen and oxygen atoms in total. The van der Waals surface area contributed by atoms with Gasteiger partial charge in [-0.25, -0.2) is 9.78 Å². The molecule has 0 aromatic carbocycles. The zero-order chi connectivity index (χ0) is 14.0. The summed E-state index contributed by atoms with van der Waals surface area (Å²) in [5, 5.41) is 8.75. The van der Waals surface area contributed by atoms with E-state index < -0.39 is 0 Å². The maximum atomic E-state index is 5.31. The summed E-state index contributed by atoms with van der Waals surface area (Å²) in [7, 11) is 0. The highest BCUT2D eigenvalue weighted by molar-refractivity contribution is 4.42. The molecule has 0 atom stereocenters. The Labute approximate surface area is 116 Å². The Balaban J connectivity index is 2.88. The van der Waals surface area contributed by atoms with Crippen LogP contribution in [0.5, 0.6) is 0 Å². The van der Waals surface area contributed by atoms with Gasteiger partial charge in [0.05, 0.1) is 13.2 Å². The second kappa shape index (κ2) is 17.8. The summed E-state index contributed by atoms with van der Waals surface area (Å²) in [4.78, 5) is 9.45. The van der Waals surface area contributed by atoms with E-state index in [4.69, 9.17) is 15.4 Å². The van der Waals surface area contributed by atoms with Crippen molar-refractivity contribution in [2.45, 2.75) is 51.9 Å². The topological polar surface area (TPSA) is 72.2 Å². The van der Waals surface area contributed by atoms with Crippen molar-refractivity contribution < 1.29 is 24.6 Å². The largest absolute Gasteiger partial charge is 0.379 e. The molecule has 0 heterocycles. The molecular weight excluding hydrogens is 250 g/mol. The normalized spacial score (nSPS) is 11.1. The SMILES string of the molecule is CCCCCCCCOOOOCCOCCCN. The molecule has 0 bridgehead atoms. The van der Waals surface area contributed by atoms with E-state index in [0.29, 0.717) is 33.0 Å². The smallest absolute Gasteiger partial charge is 0.109 e. The van der Waals surface area contributed by atoms with Gasteiger partial charge >= 0.3 is 0 Å². The number of hydrogen-bond donors (Lipinski definition) is 1. The quantitative estimate of drug-likeness (QED) is 0.266. The molecule has 0 fully saturated rings. The second-order valence-corrected chi connectivity index (χ2v) is 4.30. The average molecular weight is 279 g/mol. The maximum absolute atomic E-state index is 5.31. The molecule has 0 amide bonds. The highest BCUT2D eigenvalue weighted by atomic mass is 17.7. The Morgan fingerprint density at radius 3 is 2.11 bits per heavy atom. The third-order valence-electron chi connectivity index (χ3n) is 2.51. The molecule has 0 saturated carbocycles. The minimum Gasteiger partial charge on any atom is -0.379 e. The van der Waals surface area contributed by atoms with Gasteiger partial charge in [0.15, 0.2) is 0 Å². The van der Waals surface area contributed by atoms with Gasteiger partial charge in [0.1, 0.15) is 6.61 Å². The summed E-state index contributed by atoms with van der Waals surface area (Å²) in [6.45, 7) is 4.73. The zero-order valence-electron chi connectivity index (χ0n) is 12.1. The van der Waals surface area contributed by atoms with Crippen LogP contribution in [0.4, 0.5) is 0 Å². The molecule has 2 N–H and O–H groups in total. The van der Waals surface area contributed by atoms with E-state index in [1.807, 2.05) is 0 Å².